The van der Waals surface area contributed by atoms with E-state index in [1.165, 1.54) is 18.3 Å². The van der Waals surface area contributed by atoms with Crippen molar-refractivity contribution in [2.75, 3.05) is 0 Å². The van der Waals surface area contributed by atoms with Gasteiger partial charge in [0.2, 0.25) is 5.88 Å². The number of aromatic nitrogens is 2. The minimum atomic E-state index is -2.98. The van der Waals surface area contributed by atoms with Gasteiger partial charge in [0.1, 0.15) is 19.5 Å². The minimum absolute atomic E-state index is 0.147. The van der Waals surface area contributed by atoms with E-state index in [0.29, 0.717) is 17.2 Å². The first-order valence-electron chi connectivity index (χ1n) is 8.40. The van der Waals surface area contributed by atoms with E-state index in [9.17, 15) is 8.78 Å². The highest BCUT2D eigenvalue weighted by atomic mass is 28.3. The van der Waals surface area contributed by atoms with Gasteiger partial charge >= 0.3 is 0 Å². The molecule has 2 aromatic heterocycles. The van der Waals surface area contributed by atoms with Gasteiger partial charge in [-0.1, -0.05) is 39.8 Å². The fourth-order valence-electron chi connectivity index (χ4n) is 1.79. The molecule has 138 valence electrons. The van der Waals surface area contributed by atoms with Crippen molar-refractivity contribution in [3.63, 3.8) is 0 Å². The number of rotatable bonds is 3. The Morgan fingerprint density at radius 1 is 1.04 bits per heavy atom. The number of pyridine rings is 2. The Balaban J connectivity index is 2.28. The van der Waals surface area contributed by atoms with E-state index in [1.807, 2.05) is 6.07 Å². The molecule has 2 heterocycles. The minimum Gasteiger partial charge on any atom is -0.436 e. The zero-order valence-corrected chi connectivity index (χ0v) is 17.0. The van der Waals surface area contributed by atoms with Gasteiger partial charge in [0.05, 0.1) is 11.8 Å². The van der Waals surface area contributed by atoms with Gasteiger partial charge in [-0.15, -0.1) is 5.54 Å². The second-order valence-electron chi connectivity index (χ2n) is 7.85. The lowest BCUT2D eigenvalue weighted by atomic mass is 10.2. The highest BCUT2D eigenvalue weighted by Crippen LogP contribution is 2.35. The zero-order chi connectivity index (χ0) is 19.6. The predicted octanol–water partition coefficient (Wildman–Crippen LogP) is 5.78. The van der Waals surface area contributed by atoms with Crippen LogP contribution in [0.1, 0.15) is 39.0 Å². The second-order valence-corrected chi connectivity index (χ2v) is 12.9. The molecule has 0 bridgehead atoms. The molecule has 0 aliphatic carbocycles. The molecule has 26 heavy (non-hydrogen) atoms. The summed E-state index contributed by atoms with van der Waals surface area (Å²) in [5.41, 5.74) is 3.79. The lowest BCUT2D eigenvalue weighted by Crippen LogP contribution is -2.35. The van der Waals surface area contributed by atoms with E-state index in [-0.39, 0.29) is 10.7 Å². The topological polar surface area (TPSA) is 35.0 Å². The third-order valence-electron chi connectivity index (χ3n) is 4.56. The van der Waals surface area contributed by atoms with Crippen molar-refractivity contribution < 1.29 is 13.5 Å². The van der Waals surface area contributed by atoms with Crippen LogP contribution in [0.2, 0.25) is 18.1 Å². The summed E-state index contributed by atoms with van der Waals surface area (Å²) in [6.45, 7) is 11.9. The van der Waals surface area contributed by atoms with Crippen LogP contribution in [0.25, 0.3) is 0 Å². The van der Waals surface area contributed by atoms with E-state index in [0.717, 1.165) is 6.92 Å². The summed E-state index contributed by atoms with van der Waals surface area (Å²) in [5.74, 6) is 0.901. The highest BCUT2D eigenvalue weighted by molar-refractivity contribution is 6.87. The maximum Gasteiger partial charge on any atom is 0.286 e. The van der Waals surface area contributed by atoms with Gasteiger partial charge in [-0.3, -0.25) is 4.98 Å². The number of alkyl halides is 2. The van der Waals surface area contributed by atoms with Crippen molar-refractivity contribution in [3.8, 4) is 23.1 Å². The molecule has 0 fully saturated rings. The molecule has 0 unspecified atom stereocenters. The maximum absolute atomic E-state index is 13.3. The van der Waals surface area contributed by atoms with Crippen molar-refractivity contribution in [1.29, 1.82) is 0 Å². The molecule has 0 aliphatic rings. The number of ether oxygens (including phenoxy) is 1. The Hall–Kier alpha value is -2.26. The first-order chi connectivity index (χ1) is 11.9. The molecule has 0 radical (unpaired) electrons. The van der Waals surface area contributed by atoms with E-state index in [4.69, 9.17) is 4.74 Å². The first-order valence-corrected chi connectivity index (χ1v) is 11.4. The zero-order valence-electron chi connectivity index (χ0n) is 16.0. The summed E-state index contributed by atoms with van der Waals surface area (Å²) in [5, 5.41) is 0.147. The fourth-order valence-corrected chi connectivity index (χ4v) is 2.61. The van der Waals surface area contributed by atoms with Crippen molar-refractivity contribution in [1.82, 2.24) is 9.97 Å². The van der Waals surface area contributed by atoms with Crippen molar-refractivity contribution >= 4 is 8.07 Å². The lowest BCUT2D eigenvalue weighted by molar-refractivity contribution is 0.0127. The molecule has 6 heteroatoms. The summed E-state index contributed by atoms with van der Waals surface area (Å²) in [6.07, 6.45) is 2.88. The Morgan fingerprint density at radius 3 is 2.27 bits per heavy atom. The Labute approximate surface area is 154 Å². The van der Waals surface area contributed by atoms with Gasteiger partial charge in [-0.2, -0.15) is 8.78 Å². The van der Waals surface area contributed by atoms with Crippen LogP contribution in [0.15, 0.2) is 36.7 Å². The Morgan fingerprint density at radius 2 is 1.73 bits per heavy atom. The third-order valence-corrected chi connectivity index (χ3v) is 9.06. The van der Waals surface area contributed by atoms with Gasteiger partial charge < -0.3 is 4.74 Å². The molecule has 0 atom stereocenters. The molecular weight excluding hydrogens is 350 g/mol. The van der Waals surface area contributed by atoms with Crippen LogP contribution in [-0.4, -0.2) is 18.0 Å². The standard InChI is InChI=1S/C20H24F2N2OSi/c1-19(2,3)26(5,6)13-11-15-8-7-12-23-18(15)25-16-9-10-17(24-14-16)20(4,21)22/h7-10,12,14H,1-6H3. The highest BCUT2D eigenvalue weighted by Gasteiger charge is 2.33. The van der Waals surface area contributed by atoms with Crippen LogP contribution in [-0.2, 0) is 5.92 Å². The second kappa shape index (κ2) is 7.16. The van der Waals surface area contributed by atoms with Crippen LogP contribution in [0, 0.1) is 11.5 Å². The predicted molar refractivity (Wildman–Crippen MR) is 102 cm³/mol. The molecule has 0 aliphatic heterocycles. The molecule has 0 aromatic carbocycles. The number of hydrogen-bond acceptors (Lipinski definition) is 3. The lowest BCUT2D eigenvalue weighted by Gasteiger charge is -2.31. The molecular formula is C20H24F2N2OSi. The fraction of sp³-hybridized carbons (Fsp3) is 0.400. The van der Waals surface area contributed by atoms with E-state index >= 15 is 0 Å². The van der Waals surface area contributed by atoms with Gasteiger partial charge in [0.15, 0.2) is 0 Å². The average molecular weight is 375 g/mol. The van der Waals surface area contributed by atoms with Crippen LogP contribution in [0.3, 0.4) is 0 Å². The van der Waals surface area contributed by atoms with Crippen LogP contribution in [0.4, 0.5) is 8.78 Å². The number of halogens is 2. The van der Waals surface area contributed by atoms with E-state index in [1.54, 1.807) is 12.3 Å². The summed E-state index contributed by atoms with van der Waals surface area (Å²) in [4.78, 5) is 7.98. The van der Waals surface area contributed by atoms with E-state index < -0.39 is 14.0 Å². The molecule has 3 nitrogen and oxygen atoms in total. The summed E-state index contributed by atoms with van der Waals surface area (Å²) in [7, 11) is -1.77. The van der Waals surface area contributed by atoms with Crippen LogP contribution < -0.4 is 4.74 Å². The average Bonchev–Trinajstić information content (AvgIpc) is 2.53. The summed E-state index contributed by atoms with van der Waals surface area (Å²) in [6, 6.07) is 6.34. The SMILES string of the molecule is CC(F)(F)c1ccc(Oc2ncccc2C#C[Si](C)(C)C(C)(C)C)cn1. The third kappa shape index (κ3) is 4.89. The molecule has 0 spiro atoms. The van der Waals surface area contributed by atoms with Gasteiger partial charge in [-0.25, -0.2) is 4.98 Å². The van der Waals surface area contributed by atoms with Crippen molar-refractivity contribution in [2.45, 2.75) is 51.7 Å². The molecule has 2 rings (SSSR count). The largest absolute Gasteiger partial charge is 0.436 e. The summed E-state index contributed by atoms with van der Waals surface area (Å²) >= 11 is 0. The first kappa shape index (κ1) is 20.1. The number of hydrogen-bond donors (Lipinski definition) is 0. The van der Waals surface area contributed by atoms with Gasteiger partial charge in [0, 0.05) is 13.1 Å². The summed E-state index contributed by atoms with van der Waals surface area (Å²) < 4.78 is 32.2. The molecule has 2 aromatic rings. The normalized spacial score (nSPS) is 12.3. The smallest absolute Gasteiger partial charge is 0.286 e. The molecule has 0 amide bonds. The molecule has 0 saturated carbocycles. The van der Waals surface area contributed by atoms with E-state index in [2.05, 4.69) is 55.3 Å². The number of nitrogens with zero attached hydrogens (tertiary/aromatic N) is 2. The van der Waals surface area contributed by atoms with Crippen LogP contribution in [0.5, 0.6) is 11.6 Å². The molecule has 0 N–H and O–H groups in total. The monoisotopic (exact) mass is 374 g/mol. The Kier molecular flexibility index (Phi) is 5.52. The Bertz CT molecular complexity index is 826. The maximum atomic E-state index is 13.3. The van der Waals surface area contributed by atoms with Gasteiger partial charge in [-0.05, 0) is 29.3 Å². The van der Waals surface area contributed by atoms with Crippen molar-refractivity contribution in [3.05, 3.63) is 47.9 Å². The van der Waals surface area contributed by atoms with Crippen molar-refractivity contribution in [2.24, 2.45) is 0 Å². The van der Waals surface area contributed by atoms with Gasteiger partial charge in [0.25, 0.3) is 5.92 Å². The molecule has 0 saturated heterocycles. The van der Waals surface area contributed by atoms with Crippen LogP contribution >= 0.6 is 0 Å². The quantitative estimate of drug-likeness (QED) is 0.504.